The molecular weight excluding hydrogens is 196 g/mol. The van der Waals surface area contributed by atoms with Gasteiger partial charge >= 0.3 is 0 Å². The quantitative estimate of drug-likeness (QED) is 0.816. The Morgan fingerprint density at radius 1 is 1.50 bits per heavy atom. The first-order valence-electron chi connectivity index (χ1n) is 4.59. The molecule has 72 valence electrons. The Balaban J connectivity index is 2.11. The lowest BCUT2D eigenvalue weighted by Crippen LogP contribution is -1.96. The second kappa shape index (κ2) is 2.81. The zero-order chi connectivity index (χ0) is 9.54. The highest BCUT2D eigenvalue weighted by Crippen LogP contribution is 2.39. The van der Waals surface area contributed by atoms with Crippen LogP contribution in [0.2, 0.25) is 0 Å². The Labute approximate surface area is 85.4 Å². The topological polar surface area (TPSA) is 56.7 Å². The maximum Gasteiger partial charge on any atom is 0.176 e. The lowest BCUT2D eigenvalue weighted by Gasteiger charge is -2.02. The van der Waals surface area contributed by atoms with Gasteiger partial charge in [0.2, 0.25) is 0 Å². The van der Waals surface area contributed by atoms with Gasteiger partial charge in [-0.3, -0.25) is 0 Å². The second-order valence-electron chi connectivity index (χ2n) is 3.50. The summed E-state index contributed by atoms with van der Waals surface area (Å²) in [4.78, 5) is 1.04. The van der Waals surface area contributed by atoms with Crippen LogP contribution in [-0.2, 0) is 0 Å². The third-order valence-electron chi connectivity index (χ3n) is 2.41. The summed E-state index contributed by atoms with van der Waals surface area (Å²) in [6.07, 6.45) is 4.26. The molecule has 3 rings (SSSR count). The second-order valence-corrected chi connectivity index (χ2v) is 4.41. The van der Waals surface area contributed by atoms with E-state index in [1.54, 1.807) is 17.7 Å². The molecule has 1 aliphatic rings. The summed E-state index contributed by atoms with van der Waals surface area (Å²) in [6, 6.07) is 2.51. The van der Waals surface area contributed by atoms with E-state index in [1.165, 1.54) is 12.8 Å². The zero-order valence-corrected chi connectivity index (χ0v) is 8.37. The summed E-state index contributed by atoms with van der Waals surface area (Å²) < 4.78 is 2.13. The van der Waals surface area contributed by atoms with Crippen LogP contribution in [0.15, 0.2) is 17.8 Å². The van der Waals surface area contributed by atoms with E-state index in [0.29, 0.717) is 6.04 Å². The summed E-state index contributed by atoms with van der Waals surface area (Å²) in [5.41, 5.74) is 6.65. The molecule has 0 atom stereocenters. The minimum Gasteiger partial charge on any atom is -0.397 e. The minimum atomic E-state index is 0.599. The maximum absolute atomic E-state index is 5.85. The molecular formula is C9H10N4S. The van der Waals surface area contributed by atoms with Gasteiger partial charge < -0.3 is 10.3 Å². The molecule has 0 aromatic carbocycles. The SMILES string of the molecule is Nc1ccsc1-c1nncn1C1CC1. The molecule has 2 aromatic heterocycles. The van der Waals surface area contributed by atoms with Gasteiger partial charge in [0, 0.05) is 6.04 Å². The van der Waals surface area contributed by atoms with Crippen LogP contribution < -0.4 is 5.73 Å². The summed E-state index contributed by atoms with van der Waals surface area (Å²) in [7, 11) is 0. The molecule has 2 N–H and O–H groups in total. The van der Waals surface area contributed by atoms with E-state index in [2.05, 4.69) is 14.8 Å². The number of rotatable bonds is 2. The average Bonchev–Trinajstić information content (AvgIpc) is 2.75. The van der Waals surface area contributed by atoms with Gasteiger partial charge in [0.15, 0.2) is 5.82 Å². The van der Waals surface area contributed by atoms with Crippen molar-refractivity contribution < 1.29 is 0 Å². The highest BCUT2D eigenvalue weighted by molar-refractivity contribution is 7.14. The summed E-state index contributed by atoms with van der Waals surface area (Å²) >= 11 is 1.62. The van der Waals surface area contributed by atoms with Crippen LogP contribution in [0.25, 0.3) is 10.7 Å². The number of nitrogens with two attached hydrogens (primary N) is 1. The summed E-state index contributed by atoms with van der Waals surface area (Å²) in [5.74, 6) is 0.917. The van der Waals surface area contributed by atoms with Crippen molar-refractivity contribution in [2.75, 3.05) is 5.73 Å². The van der Waals surface area contributed by atoms with Gasteiger partial charge in [0.05, 0.1) is 10.6 Å². The Kier molecular flexibility index (Phi) is 1.61. The van der Waals surface area contributed by atoms with Crippen molar-refractivity contribution in [1.29, 1.82) is 0 Å². The van der Waals surface area contributed by atoms with Crippen LogP contribution in [0.5, 0.6) is 0 Å². The molecule has 5 heteroatoms. The smallest absolute Gasteiger partial charge is 0.176 e. The first kappa shape index (κ1) is 7.99. The van der Waals surface area contributed by atoms with Gasteiger partial charge in [0.1, 0.15) is 6.33 Å². The van der Waals surface area contributed by atoms with Crippen LogP contribution in [0, 0.1) is 0 Å². The van der Waals surface area contributed by atoms with Crippen molar-refractivity contribution >= 4 is 17.0 Å². The molecule has 0 amide bonds. The highest BCUT2D eigenvalue weighted by Gasteiger charge is 2.27. The Hall–Kier alpha value is -1.36. The zero-order valence-electron chi connectivity index (χ0n) is 7.55. The van der Waals surface area contributed by atoms with E-state index in [0.717, 1.165) is 16.4 Å². The number of aromatic nitrogens is 3. The molecule has 4 nitrogen and oxygen atoms in total. The standard InChI is InChI=1S/C9H10N4S/c10-7-3-4-14-8(7)9-12-11-5-13(9)6-1-2-6/h3-6H,1-2,10H2. The molecule has 0 unspecified atom stereocenters. The molecule has 1 saturated carbocycles. The van der Waals surface area contributed by atoms with E-state index in [1.807, 2.05) is 11.4 Å². The normalized spacial score (nSPS) is 16.0. The number of nitrogens with zero attached hydrogens (tertiary/aromatic N) is 3. The molecule has 0 radical (unpaired) electrons. The van der Waals surface area contributed by atoms with Crippen molar-refractivity contribution in [2.24, 2.45) is 0 Å². The summed E-state index contributed by atoms with van der Waals surface area (Å²) in [5, 5.41) is 10.1. The van der Waals surface area contributed by atoms with Crippen LogP contribution in [0.4, 0.5) is 5.69 Å². The van der Waals surface area contributed by atoms with Crippen LogP contribution >= 0.6 is 11.3 Å². The van der Waals surface area contributed by atoms with Crippen molar-refractivity contribution in [3.8, 4) is 10.7 Å². The van der Waals surface area contributed by atoms with Crippen molar-refractivity contribution in [3.63, 3.8) is 0 Å². The van der Waals surface area contributed by atoms with Crippen molar-refractivity contribution in [3.05, 3.63) is 17.8 Å². The van der Waals surface area contributed by atoms with E-state index >= 15 is 0 Å². The average molecular weight is 206 g/mol. The lowest BCUT2D eigenvalue weighted by atomic mass is 10.4. The molecule has 0 saturated heterocycles. The van der Waals surface area contributed by atoms with Crippen molar-refractivity contribution in [1.82, 2.24) is 14.8 Å². The number of nitrogen functional groups attached to an aromatic ring is 1. The van der Waals surface area contributed by atoms with Gasteiger partial charge in [-0.15, -0.1) is 21.5 Å². The Bertz CT molecular complexity index is 455. The monoisotopic (exact) mass is 206 g/mol. The largest absolute Gasteiger partial charge is 0.397 e. The number of hydrogen-bond donors (Lipinski definition) is 1. The predicted octanol–water partition coefficient (Wildman–Crippen LogP) is 1.92. The Morgan fingerprint density at radius 3 is 3.00 bits per heavy atom. The first-order valence-corrected chi connectivity index (χ1v) is 5.47. The minimum absolute atomic E-state index is 0.599. The third-order valence-corrected chi connectivity index (χ3v) is 3.34. The van der Waals surface area contributed by atoms with E-state index in [9.17, 15) is 0 Å². The molecule has 0 spiro atoms. The molecule has 1 aliphatic carbocycles. The van der Waals surface area contributed by atoms with Gasteiger partial charge in [-0.2, -0.15) is 0 Å². The van der Waals surface area contributed by atoms with Gasteiger partial charge in [-0.05, 0) is 24.3 Å². The highest BCUT2D eigenvalue weighted by atomic mass is 32.1. The molecule has 14 heavy (non-hydrogen) atoms. The molecule has 0 aliphatic heterocycles. The Morgan fingerprint density at radius 2 is 2.36 bits per heavy atom. The molecule has 2 aromatic rings. The van der Waals surface area contributed by atoms with Gasteiger partial charge in [-0.25, -0.2) is 0 Å². The predicted molar refractivity (Wildman–Crippen MR) is 56.0 cm³/mol. The fraction of sp³-hybridized carbons (Fsp3) is 0.333. The lowest BCUT2D eigenvalue weighted by molar-refractivity contribution is 0.747. The number of anilines is 1. The summed E-state index contributed by atoms with van der Waals surface area (Å²) in [6.45, 7) is 0. The van der Waals surface area contributed by atoms with Gasteiger partial charge in [0.25, 0.3) is 0 Å². The number of thiophene rings is 1. The maximum atomic E-state index is 5.85. The first-order chi connectivity index (χ1) is 6.86. The molecule has 2 heterocycles. The fourth-order valence-corrected chi connectivity index (χ4v) is 2.33. The van der Waals surface area contributed by atoms with Crippen LogP contribution in [0.1, 0.15) is 18.9 Å². The molecule has 0 bridgehead atoms. The van der Waals surface area contributed by atoms with E-state index < -0.39 is 0 Å². The van der Waals surface area contributed by atoms with E-state index in [-0.39, 0.29) is 0 Å². The van der Waals surface area contributed by atoms with E-state index in [4.69, 9.17) is 5.73 Å². The van der Waals surface area contributed by atoms with Crippen LogP contribution in [-0.4, -0.2) is 14.8 Å². The fourth-order valence-electron chi connectivity index (χ4n) is 1.53. The van der Waals surface area contributed by atoms with Crippen LogP contribution in [0.3, 0.4) is 0 Å². The number of hydrogen-bond acceptors (Lipinski definition) is 4. The van der Waals surface area contributed by atoms with Crippen molar-refractivity contribution in [2.45, 2.75) is 18.9 Å². The third kappa shape index (κ3) is 1.13. The molecule has 1 fully saturated rings. The van der Waals surface area contributed by atoms with Gasteiger partial charge in [-0.1, -0.05) is 0 Å².